The van der Waals surface area contributed by atoms with Crippen molar-refractivity contribution in [2.45, 2.75) is 44.8 Å². The lowest BCUT2D eigenvalue weighted by Crippen LogP contribution is -2.35. The highest BCUT2D eigenvalue weighted by molar-refractivity contribution is 5.17. The number of nitrogens with one attached hydrogen (secondary N) is 1. The van der Waals surface area contributed by atoms with Crippen LogP contribution in [0.2, 0.25) is 0 Å². The molecule has 2 aliphatic heterocycles. The summed E-state index contributed by atoms with van der Waals surface area (Å²) in [4.78, 5) is 7.06. The predicted octanol–water partition coefficient (Wildman–Crippen LogP) is 1.72. The largest absolute Gasteiger partial charge is 0.310 e. The minimum Gasteiger partial charge on any atom is -0.310 e. The van der Waals surface area contributed by atoms with Gasteiger partial charge in [-0.05, 0) is 37.8 Å². The number of hydrogen-bond donors (Lipinski definition) is 1. The first kappa shape index (κ1) is 11.2. The first-order chi connectivity index (χ1) is 8.31. The number of pyridine rings is 1. The smallest absolute Gasteiger partial charge is 0.0573 e. The first-order valence-electron chi connectivity index (χ1n) is 6.70. The molecular formula is C14H21N3. The van der Waals surface area contributed by atoms with Crippen LogP contribution in [0.5, 0.6) is 0 Å². The number of hydrogen-bond acceptors (Lipinski definition) is 3. The fraction of sp³-hybridized carbons (Fsp3) is 0.643. The van der Waals surface area contributed by atoms with Crippen LogP contribution < -0.4 is 5.32 Å². The Bertz CT molecular complexity index is 391. The van der Waals surface area contributed by atoms with E-state index in [0.717, 1.165) is 12.6 Å². The molecule has 0 aromatic carbocycles. The summed E-state index contributed by atoms with van der Waals surface area (Å²) in [5.74, 6) is 0. The lowest BCUT2D eigenvalue weighted by molar-refractivity contribution is 0.247. The molecule has 3 rings (SSSR count). The summed E-state index contributed by atoms with van der Waals surface area (Å²) in [7, 11) is 0. The zero-order valence-corrected chi connectivity index (χ0v) is 10.5. The predicted molar refractivity (Wildman–Crippen MR) is 68.8 cm³/mol. The Morgan fingerprint density at radius 3 is 3.12 bits per heavy atom. The van der Waals surface area contributed by atoms with Crippen molar-refractivity contribution in [2.75, 3.05) is 13.1 Å². The highest BCUT2D eigenvalue weighted by Crippen LogP contribution is 2.21. The zero-order chi connectivity index (χ0) is 11.7. The van der Waals surface area contributed by atoms with Crippen molar-refractivity contribution in [2.24, 2.45) is 0 Å². The molecule has 2 aliphatic rings. The molecule has 1 aromatic rings. The summed E-state index contributed by atoms with van der Waals surface area (Å²) in [5.41, 5.74) is 2.56. The highest BCUT2D eigenvalue weighted by atomic mass is 15.2. The molecule has 3 heteroatoms. The molecule has 2 bridgehead atoms. The summed E-state index contributed by atoms with van der Waals surface area (Å²) in [6.07, 6.45) is 5.93. The third-order valence-corrected chi connectivity index (χ3v) is 4.10. The zero-order valence-electron chi connectivity index (χ0n) is 10.5. The number of aryl methyl sites for hydroxylation is 1. The van der Waals surface area contributed by atoms with Crippen molar-refractivity contribution in [1.29, 1.82) is 0 Å². The minimum atomic E-state index is 0.714. The van der Waals surface area contributed by atoms with Crippen molar-refractivity contribution >= 4 is 0 Å². The van der Waals surface area contributed by atoms with Crippen molar-refractivity contribution in [1.82, 2.24) is 15.2 Å². The molecule has 1 aromatic heterocycles. The highest BCUT2D eigenvalue weighted by Gasteiger charge is 2.29. The molecule has 92 valence electrons. The van der Waals surface area contributed by atoms with E-state index in [9.17, 15) is 0 Å². The fourth-order valence-electron chi connectivity index (χ4n) is 3.05. The van der Waals surface area contributed by atoms with Crippen LogP contribution in [0, 0.1) is 6.92 Å². The standard InChI is InChI=1S/C14H21N3/c1-11-3-2-7-15-14(11)10-17-8-6-12-4-5-13(9-17)16-12/h2-3,7,12-13,16H,4-6,8-10H2,1H3. The first-order valence-corrected chi connectivity index (χ1v) is 6.70. The maximum atomic E-state index is 4.50. The van der Waals surface area contributed by atoms with E-state index in [2.05, 4.69) is 28.2 Å². The number of rotatable bonds is 2. The van der Waals surface area contributed by atoms with E-state index < -0.39 is 0 Å². The Morgan fingerprint density at radius 2 is 2.24 bits per heavy atom. The summed E-state index contributed by atoms with van der Waals surface area (Å²) >= 11 is 0. The molecule has 3 nitrogen and oxygen atoms in total. The second kappa shape index (κ2) is 4.75. The van der Waals surface area contributed by atoms with E-state index in [1.807, 2.05) is 12.3 Å². The third-order valence-electron chi connectivity index (χ3n) is 4.10. The van der Waals surface area contributed by atoms with E-state index in [4.69, 9.17) is 0 Å². The maximum Gasteiger partial charge on any atom is 0.0573 e. The second-order valence-electron chi connectivity index (χ2n) is 5.43. The SMILES string of the molecule is Cc1cccnc1CN1CCC2CCC(C1)N2. The van der Waals surface area contributed by atoms with Gasteiger partial charge >= 0.3 is 0 Å². The van der Waals surface area contributed by atoms with E-state index in [0.29, 0.717) is 6.04 Å². The molecule has 0 saturated carbocycles. The lowest BCUT2D eigenvalue weighted by Gasteiger charge is -2.24. The van der Waals surface area contributed by atoms with Crippen molar-refractivity contribution < 1.29 is 0 Å². The maximum absolute atomic E-state index is 4.50. The van der Waals surface area contributed by atoms with Gasteiger partial charge in [-0.25, -0.2) is 0 Å². The van der Waals surface area contributed by atoms with Crippen LogP contribution in [0.15, 0.2) is 18.3 Å². The average Bonchev–Trinajstić information content (AvgIpc) is 2.65. The molecule has 2 atom stereocenters. The Labute approximate surface area is 103 Å². The van der Waals surface area contributed by atoms with Gasteiger partial charge in [0.15, 0.2) is 0 Å². The van der Waals surface area contributed by atoms with Crippen LogP contribution in [0.25, 0.3) is 0 Å². The number of fused-ring (bicyclic) bond motifs is 2. The van der Waals surface area contributed by atoms with Gasteiger partial charge in [-0.15, -0.1) is 0 Å². The van der Waals surface area contributed by atoms with Gasteiger partial charge in [-0.1, -0.05) is 6.07 Å². The van der Waals surface area contributed by atoms with Gasteiger partial charge in [0.05, 0.1) is 5.69 Å². The third kappa shape index (κ3) is 2.50. The van der Waals surface area contributed by atoms with Gasteiger partial charge < -0.3 is 5.32 Å². The summed E-state index contributed by atoms with van der Waals surface area (Å²) in [6, 6.07) is 5.66. The molecule has 0 amide bonds. The Morgan fingerprint density at radius 1 is 1.35 bits per heavy atom. The minimum absolute atomic E-state index is 0.714. The molecule has 2 unspecified atom stereocenters. The number of aromatic nitrogens is 1. The Balaban J connectivity index is 1.67. The normalized spacial score (nSPS) is 29.2. The number of likely N-dealkylation sites (tertiary alicyclic amines) is 1. The monoisotopic (exact) mass is 231 g/mol. The summed E-state index contributed by atoms with van der Waals surface area (Å²) in [5, 5.41) is 3.72. The quantitative estimate of drug-likeness (QED) is 0.840. The van der Waals surface area contributed by atoms with Crippen LogP contribution in [0.3, 0.4) is 0 Å². The van der Waals surface area contributed by atoms with Gasteiger partial charge in [0.2, 0.25) is 0 Å². The van der Waals surface area contributed by atoms with Crippen molar-refractivity contribution in [3.63, 3.8) is 0 Å². The molecule has 17 heavy (non-hydrogen) atoms. The van der Waals surface area contributed by atoms with Crippen LogP contribution in [-0.2, 0) is 6.54 Å². The molecule has 3 heterocycles. The summed E-state index contributed by atoms with van der Waals surface area (Å²) in [6.45, 7) is 5.57. The number of nitrogens with zero attached hydrogens (tertiary/aromatic N) is 2. The van der Waals surface area contributed by atoms with Gasteiger partial charge in [0, 0.05) is 37.9 Å². The molecule has 2 saturated heterocycles. The van der Waals surface area contributed by atoms with Gasteiger partial charge in [-0.3, -0.25) is 9.88 Å². The summed E-state index contributed by atoms with van der Waals surface area (Å²) < 4.78 is 0. The van der Waals surface area contributed by atoms with E-state index in [-0.39, 0.29) is 0 Å². The van der Waals surface area contributed by atoms with Crippen LogP contribution >= 0.6 is 0 Å². The Hall–Kier alpha value is -0.930. The lowest BCUT2D eigenvalue weighted by atomic mass is 10.1. The van der Waals surface area contributed by atoms with Crippen LogP contribution in [0.4, 0.5) is 0 Å². The molecule has 1 N–H and O–H groups in total. The topological polar surface area (TPSA) is 28.2 Å². The van der Waals surface area contributed by atoms with Gasteiger partial charge in [0.1, 0.15) is 0 Å². The van der Waals surface area contributed by atoms with Crippen LogP contribution in [-0.4, -0.2) is 35.1 Å². The van der Waals surface area contributed by atoms with Crippen molar-refractivity contribution in [3.05, 3.63) is 29.6 Å². The molecule has 0 aliphatic carbocycles. The average molecular weight is 231 g/mol. The molecule has 0 radical (unpaired) electrons. The van der Waals surface area contributed by atoms with Gasteiger partial charge in [0.25, 0.3) is 0 Å². The van der Waals surface area contributed by atoms with Crippen molar-refractivity contribution in [3.8, 4) is 0 Å². The molecule has 0 spiro atoms. The van der Waals surface area contributed by atoms with Gasteiger partial charge in [-0.2, -0.15) is 0 Å². The molecule has 2 fully saturated rings. The van der Waals surface area contributed by atoms with E-state index in [1.54, 1.807) is 0 Å². The second-order valence-corrected chi connectivity index (χ2v) is 5.43. The van der Waals surface area contributed by atoms with E-state index >= 15 is 0 Å². The van der Waals surface area contributed by atoms with E-state index in [1.165, 1.54) is 43.6 Å². The van der Waals surface area contributed by atoms with Crippen LogP contribution in [0.1, 0.15) is 30.5 Å². The fourth-order valence-corrected chi connectivity index (χ4v) is 3.05. The molecular weight excluding hydrogens is 210 g/mol. The Kier molecular flexibility index (Phi) is 3.12.